The summed E-state index contributed by atoms with van der Waals surface area (Å²) in [5.41, 5.74) is 0.00960. The molecule has 2 rings (SSSR count). The van der Waals surface area contributed by atoms with Gasteiger partial charge in [-0.1, -0.05) is 37.1 Å². The molecule has 1 aliphatic rings. The molecule has 1 aromatic rings. The fourth-order valence-electron chi connectivity index (χ4n) is 2.68. The smallest absolute Gasteiger partial charge is 0.423 e. The average molecular weight is 356 g/mol. The summed E-state index contributed by atoms with van der Waals surface area (Å²) >= 11 is 0. The van der Waals surface area contributed by atoms with Gasteiger partial charge in [0.15, 0.2) is 0 Å². The lowest BCUT2D eigenvalue weighted by atomic mass is 9.76. The molecule has 136 valence electrons. The number of hydrogen-bond donors (Lipinski definition) is 3. The van der Waals surface area contributed by atoms with E-state index in [-0.39, 0.29) is 12.4 Å². The molecular weight excluding hydrogens is 324 g/mol. The topological polar surface area (TPSA) is 61.7 Å². The molecule has 0 bridgehead atoms. The molecule has 0 amide bonds. The Labute approximate surface area is 152 Å². The zero-order valence-electron chi connectivity index (χ0n) is 15.2. The first-order chi connectivity index (χ1) is 10.7. The molecule has 1 aliphatic carbocycles. The van der Waals surface area contributed by atoms with E-state index in [1.165, 1.54) is 31.2 Å². The summed E-state index contributed by atoms with van der Waals surface area (Å²) in [6.07, 6.45) is 5.21. The van der Waals surface area contributed by atoms with Crippen LogP contribution in [0.25, 0.3) is 0 Å². The van der Waals surface area contributed by atoms with Gasteiger partial charge >= 0.3 is 7.12 Å². The van der Waals surface area contributed by atoms with Crippen LogP contribution >= 0.6 is 12.4 Å². The summed E-state index contributed by atoms with van der Waals surface area (Å²) in [5, 5.41) is 24.0. The zero-order chi connectivity index (χ0) is 17.1. The Bertz CT molecular complexity index is 496. The van der Waals surface area contributed by atoms with E-state index in [2.05, 4.69) is 5.32 Å². The van der Waals surface area contributed by atoms with Gasteiger partial charge in [0.2, 0.25) is 0 Å². The number of hydrogen-bond acceptors (Lipinski definition) is 4. The van der Waals surface area contributed by atoms with Crippen molar-refractivity contribution in [2.45, 2.75) is 77.2 Å². The number of nitrogens with one attached hydrogen (secondary N) is 1. The fraction of sp³-hybridized carbons (Fsp3) is 0.667. The molecule has 0 atom stereocenters. The van der Waals surface area contributed by atoms with Crippen LogP contribution < -0.4 is 10.8 Å². The maximum absolute atomic E-state index is 10.3. The van der Waals surface area contributed by atoms with E-state index in [1.807, 2.05) is 24.3 Å². The highest BCUT2D eigenvalue weighted by Gasteiger charge is 2.39. The molecule has 0 saturated heterocycles. The third-order valence-electron chi connectivity index (χ3n) is 5.09. The van der Waals surface area contributed by atoms with Crippen LogP contribution in [0.1, 0.15) is 58.9 Å². The minimum Gasteiger partial charge on any atom is -0.423 e. The Hall–Kier alpha value is -0.585. The fourth-order valence-corrected chi connectivity index (χ4v) is 2.68. The summed E-state index contributed by atoms with van der Waals surface area (Å²) < 4.78 is 5.66. The third kappa shape index (κ3) is 5.75. The first-order valence-electron chi connectivity index (χ1n) is 8.59. The van der Waals surface area contributed by atoms with E-state index in [0.717, 1.165) is 6.54 Å². The molecule has 1 fully saturated rings. The highest BCUT2D eigenvalue weighted by Crippen LogP contribution is 2.25. The molecule has 0 heterocycles. The van der Waals surface area contributed by atoms with E-state index in [9.17, 15) is 10.1 Å². The van der Waals surface area contributed by atoms with Crippen LogP contribution in [0.5, 0.6) is 0 Å². The summed E-state index contributed by atoms with van der Waals surface area (Å²) in [7, 11) is -1.05. The number of benzene rings is 1. The first-order valence-corrected chi connectivity index (χ1v) is 8.59. The summed E-state index contributed by atoms with van der Waals surface area (Å²) in [6.45, 7) is 7.76. The Morgan fingerprint density at radius 1 is 1.12 bits per heavy atom. The molecular formula is C18H31BClNO3. The van der Waals surface area contributed by atoms with E-state index in [1.54, 1.807) is 27.7 Å². The van der Waals surface area contributed by atoms with Gasteiger partial charge in [0, 0.05) is 12.6 Å². The summed E-state index contributed by atoms with van der Waals surface area (Å²) in [5.74, 6) is 0. The highest BCUT2D eigenvalue weighted by molar-refractivity contribution is 6.60. The lowest BCUT2D eigenvalue weighted by molar-refractivity contribution is -0.0982. The average Bonchev–Trinajstić information content (AvgIpc) is 2.97. The lowest BCUT2D eigenvalue weighted by Crippen LogP contribution is -2.53. The molecule has 3 N–H and O–H groups in total. The molecule has 4 nitrogen and oxygen atoms in total. The van der Waals surface area contributed by atoms with Crippen LogP contribution in [0.3, 0.4) is 0 Å². The molecule has 0 aliphatic heterocycles. The number of rotatable bonds is 7. The van der Waals surface area contributed by atoms with Crippen molar-refractivity contribution in [1.29, 1.82) is 0 Å². The van der Waals surface area contributed by atoms with Crippen molar-refractivity contribution in [1.82, 2.24) is 5.32 Å². The van der Waals surface area contributed by atoms with Crippen LogP contribution in [-0.2, 0) is 11.2 Å². The van der Waals surface area contributed by atoms with Gasteiger partial charge in [-0.2, -0.15) is 0 Å². The van der Waals surface area contributed by atoms with Gasteiger partial charge < -0.3 is 20.1 Å². The maximum atomic E-state index is 10.3. The Morgan fingerprint density at radius 2 is 1.67 bits per heavy atom. The van der Waals surface area contributed by atoms with Gasteiger partial charge in [0.25, 0.3) is 0 Å². The molecule has 0 spiro atoms. The van der Waals surface area contributed by atoms with E-state index in [4.69, 9.17) is 4.65 Å². The third-order valence-corrected chi connectivity index (χ3v) is 5.09. The van der Waals surface area contributed by atoms with Gasteiger partial charge in [-0.15, -0.1) is 12.4 Å². The van der Waals surface area contributed by atoms with Crippen molar-refractivity contribution < 1.29 is 14.8 Å². The molecule has 6 heteroatoms. The van der Waals surface area contributed by atoms with Gasteiger partial charge in [-0.25, -0.2) is 0 Å². The van der Waals surface area contributed by atoms with Gasteiger partial charge in [-0.05, 0) is 51.6 Å². The second-order valence-electron chi connectivity index (χ2n) is 7.64. The van der Waals surface area contributed by atoms with Crippen LogP contribution in [0, 0.1) is 0 Å². The van der Waals surface area contributed by atoms with E-state index >= 15 is 0 Å². The molecule has 1 aromatic carbocycles. The second kappa shape index (κ2) is 8.68. The number of halogens is 1. The highest BCUT2D eigenvalue weighted by atomic mass is 35.5. The van der Waals surface area contributed by atoms with Gasteiger partial charge in [0.05, 0.1) is 11.2 Å². The monoisotopic (exact) mass is 355 g/mol. The largest absolute Gasteiger partial charge is 0.491 e. The van der Waals surface area contributed by atoms with Gasteiger partial charge in [0.1, 0.15) is 0 Å². The minimum atomic E-state index is -1.05. The Kier molecular flexibility index (Phi) is 7.76. The van der Waals surface area contributed by atoms with Crippen molar-refractivity contribution in [3.63, 3.8) is 0 Å². The SMILES string of the molecule is CC(C)(O)C(C)(C)OB(O)c1ccc(CNC2CCCC2)cc1.Cl. The Morgan fingerprint density at radius 3 is 2.17 bits per heavy atom. The molecule has 0 aromatic heterocycles. The van der Waals surface area contributed by atoms with Crippen molar-refractivity contribution >= 4 is 25.0 Å². The maximum Gasteiger partial charge on any atom is 0.491 e. The van der Waals surface area contributed by atoms with Crippen molar-refractivity contribution in [2.75, 3.05) is 0 Å². The summed E-state index contributed by atoms with van der Waals surface area (Å²) in [6, 6.07) is 8.45. The van der Waals surface area contributed by atoms with Crippen molar-refractivity contribution in [3.05, 3.63) is 29.8 Å². The summed E-state index contributed by atoms with van der Waals surface area (Å²) in [4.78, 5) is 0. The quantitative estimate of drug-likeness (QED) is 0.657. The van der Waals surface area contributed by atoms with Crippen LogP contribution in [0.4, 0.5) is 0 Å². The molecule has 1 saturated carbocycles. The standard InChI is InChI=1S/C18H30BNO3.ClH/c1-17(2,21)18(3,4)23-19(22)15-11-9-14(10-12-15)13-20-16-7-5-6-8-16;/h9-12,16,20-22H,5-8,13H2,1-4H3;1H. The molecule has 0 unspecified atom stereocenters. The van der Waals surface area contributed by atoms with Crippen LogP contribution in [0.2, 0.25) is 0 Å². The minimum absolute atomic E-state index is 0. The van der Waals surface area contributed by atoms with Crippen LogP contribution in [0.15, 0.2) is 24.3 Å². The Balaban J connectivity index is 0.00000288. The van der Waals surface area contributed by atoms with Crippen molar-refractivity contribution in [3.8, 4) is 0 Å². The predicted octanol–water partition coefficient (Wildman–Crippen LogP) is 2.39. The van der Waals surface area contributed by atoms with Crippen molar-refractivity contribution in [2.24, 2.45) is 0 Å². The lowest BCUT2D eigenvalue weighted by Gasteiger charge is -2.38. The van der Waals surface area contributed by atoms with Gasteiger partial charge in [-0.3, -0.25) is 0 Å². The second-order valence-corrected chi connectivity index (χ2v) is 7.64. The number of aliphatic hydroxyl groups is 1. The first kappa shape index (κ1) is 21.5. The predicted molar refractivity (Wildman–Crippen MR) is 102 cm³/mol. The van der Waals surface area contributed by atoms with E-state index < -0.39 is 18.3 Å². The zero-order valence-corrected chi connectivity index (χ0v) is 16.0. The normalized spacial score (nSPS) is 16.1. The molecule has 0 radical (unpaired) electrons. The van der Waals surface area contributed by atoms with E-state index in [0.29, 0.717) is 11.5 Å². The van der Waals surface area contributed by atoms with Crippen LogP contribution in [-0.4, -0.2) is 34.5 Å². The molecule has 24 heavy (non-hydrogen) atoms.